The number of carbonyl (C=O) groups excluding carboxylic acids is 1. The summed E-state index contributed by atoms with van der Waals surface area (Å²) in [6, 6.07) is 10.0. The number of anilines is 1. The van der Waals surface area contributed by atoms with Gasteiger partial charge in [0.2, 0.25) is 0 Å². The second-order valence-corrected chi connectivity index (χ2v) is 10.4. The van der Waals surface area contributed by atoms with Crippen LogP contribution in [0.3, 0.4) is 0 Å². The molecule has 5 rings (SSSR count). The molecule has 1 aliphatic carbocycles. The Morgan fingerprint density at radius 3 is 2.70 bits per heavy atom. The van der Waals surface area contributed by atoms with Crippen molar-refractivity contribution >= 4 is 22.2 Å². The van der Waals surface area contributed by atoms with Crippen LogP contribution in [0.15, 0.2) is 40.8 Å². The number of fused-ring (bicyclic) bond motifs is 3. The third-order valence-corrected chi connectivity index (χ3v) is 7.50. The normalized spacial score (nSPS) is 20.9. The van der Waals surface area contributed by atoms with Crippen molar-refractivity contribution in [3.8, 4) is 11.3 Å². The number of halogens is 1. The Kier molecular flexibility index (Phi) is 4.51. The van der Waals surface area contributed by atoms with Crippen LogP contribution in [-0.2, 0) is 12.8 Å². The van der Waals surface area contributed by atoms with Gasteiger partial charge in [-0.1, -0.05) is 32.9 Å². The first-order valence-electron chi connectivity index (χ1n) is 10.4. The van der Waals surface area contributed by atoms with Crippen molar-refractivity contribution in [3.63, 3.8) is 0 Å². The summed E-state index contributed by atoms with van der Waals surface area (Å²) in [5.74, 6) is 1.23. The van der Waals surface area contributed by atoms with Crippen LogP contribution in [0.4, 0.5) is 9.39 Å². The van der Waals surface area contributed by atoms with Gasteiger partial charge in [-0.15, -0.1) is 11.3 Å². The summed E-state index contributed by atoms with van der Waals surface area (Å²) < 4.78 is 20.0. The minimum atomic E-state index is -0.468. The fourth-order valence-corrected chi connectivity index (χ4v) is 5.85. The number of benzene rings is 1. The Labute approximate surface area is 179 Å². The van der Waals surface area contributed by atoms with Crippen molar-refractivity contribution in [2.45, 2.75) is 46.2 Å². The molecule has 2 N–H and O–H groups in total. The molecule has 0 spiro atoms. The molecule has 3 heterocycles. The van der Waals surface area contributed by atoms with Crippen LogP contribution in [0.1, 0.15) is 59.9 Å². The van der Waals surface area contributed by atoms with Gasteiger partial charge in [0.1, 0.15) is 22.3 Å². The molecular formula is C24H25FN2O2S. The first kappa shape index (κ1) is 19.4. The average molecular weight is 425 g/mol. The average Bonchev–Trinajstić information content (AvgIpc) is 3.31. The number of nitrogens with one attached hydrogen (secondary N) is 2. The monoisotopic (exact) mass is 424 g/mol. The second-order valence-electron chi connectivity index (χ2n) is 9.25. The van der Waals surface area contributed by atoms with Crippen molar-refractivity contribution < 1.29 is 13.6 Å². The van der Waals surface area contributed by atoms with E-state index in [1.807, 2.05) is 0 Å². The predicted molar refractivity (Wildman–Crippen MR) is 117 cm³/mol. The molecule has 156 valence electrons. The van der Waals surface area contributed by atoms with E-state index in [-0.39, 0.29) is 17.1 Å². The molecule has 0 radical (unpaired) electrons. The Morgan fingerprint density at radius 2 is 1.93 bits per heavy atom. The van der Waals surface area contributed by atoms with Crippen molar-refractivity contribution in [1.82, 2.24) is 5.32 Å². The Hall–Kier alpha value is -2.60. The van der Waals surface area contributed by atoms with E-state index in [1.165, 1.54) is 16.5 Å². The molecule has 3 aromatic rings. The molecule has 1 aromatic carbocycles. The molecule has 0 saturated carbocycles. The molecule has 0 bridgehead atoms. The first-order valence-corrected chi connectivity index (χ1v) is 11.2. The molecule has 1 amide bonds. The summed E-state index contributed by atoms with van der Waals surface area (Å²) >= 11 is 1.69. The molecule has 6 heteroatoms. The number of thiophene rings is 1. The fraction of sp³-hybridized carbons (Fsp3) is 0.375. The number of carbonyl (C=O) groups is 1. The zero-order valence-corrected chi connectivity index (χ0v) is 18.2. The Balaban J connectivity index is 1.42. The molecule has 2 aliphatic rings. The van der Waals surface area contributed by atoms with Crippen LogP contribution in [0.5, 0.6) is 0 Å². The van der Waals surface area contributed by atoms with E-state index < -0.39 is 6.17 Å². The van der Waals surface area contributed by atoms with E-state index in [2.05, 4.69) is 31.4 Å². The maximum atomic E-state index is 14.1. The predicted octanol–water partition coefficient (Wildman–Crippen LogP) is 6.15. The summed E-state index contributed by atoms with van der Waals surface area (Å²) in [6.45, 7) is 6.88. The molecular weight excluding hydrogens is 399 g/mol. The highest BCUT2D eigenvalue weighted by atomic mass is 32.1. The lowest BCUT2D eigenvalue weighted by Gasteiger charge is -2.34. The van der Waals surface area contributed by atoms with Crippen molar-refractivity contribution in [3.05, 3.63) is 64.0 Å². The van der Waals surface area contributed by atoms with Gasteiger partial charge in [-0.25, -0.2) is 4.39 Å². The Morgan fingerprint density at radius 1 is 1.13 bits per heavy atom. The second kappa shape index (κ2) is 6.98. The fourth-order valence-electron chi connectivity index (χ4n) is 4.49. The van der Waals surface area contributed by atoms with Gasteiger partial charge in [0.05, 0.1) is 11.1 Å². The van der Waals surface area contributed by atoms with Gasteiger partial charge in [0.15, 0.2) is 6.17 Å². The maximum absolute atomic E-state index is 14.1. The van der Waals surface area contributed by atoms with E-state index in [1.54, 1.807) is 41.7 Å². The van der Waals surface area contributed by atoms with E-state index >= 15 is 0 Å². The summed E-state index contributed by atoms with van der Waals surface area (Å²) in [4.78, 5) is 14.3. The lowest BCUT2D eigenvalue weighted by Crippen LogP contribution is -2.38. The standard InChI is InChI=1S/C24H25FN2O2S/c1-24(2,3)13-8-9-15-19(12-13)30-23-20(15)22(28)26-21(27-23)18-11-10-17(29-18)14-6-4-5-7-16(14)25/h4-7,10-11,13,21,27H,8-9,12H2,1-3H3,(H,26,28)/t13-,21+/m1/s1. The first-order chi connectivity index (χ1) is 14.3. The van der Waals surface area contributed by atoms with Crippen LogP contribution in [0.2, 0.25) is 0 Å². The van der Waals surface area contributed by atoms with Gasteiger partial charge in [-0.2, -0.15) is 0 Å². The molecule has 2 aromatic heterocycles. The van der Waals surface area contributed by atoms with Crippen molar-refractivity contribution in [1.29, 1.82) is 0 Å². The van der Waals surface area contributed by atoms with Gasteiger partial charge in [0, 0.05) is 4.88 Å². The quantitative estimate of drug-likeness (QED) is 0.519. The van der Waals surface area contributed by atoms with Gasteiger partial charge < -0.3 is 15.1 Å². The molecule has 30 heavy (non-hydrogen) atoms. The summed E-state index contributed by atoms with van der Waals surface area (Å²) in [7, 11) is 0. The van der Waals surface area contributed by atoms with Crippen LogP contribution in [0.25, 0.3) is 11.3 Å². The highest BCUT2D eigenvalue weighted by Gasteiger charge is 2.37. The van der Waals surface area contributed by atoms with E-state index in [4.69, 9.17) is 4.42 Å². The lowest BCUT2D eigenvalue weighted by molar-refractivity contribution is 0.0930. The van der Waals surface area contributed by atoms with Crippen molar-refractivity contribution in [2.75, 3.05) is 5.32 Å². The third kappa shape index (κ3) is 3.23. The van der Waals surface area contributed by atoms with Crippen LogP contribution >= 0.6 is 11.3 Å². The number of amides is 1. The number of hydrogen-bond donors (Lipinski definition) is 2. The SMILES string of the molecule is CC(C)(C)[C@@H]1CCc2c(sc3c2C(=O)N[C@H](c2ccc(-c4ccccc4F)o2)N3)C1. The number of hydrogen-bond acceptors (Lipinski definition) is 4. The smallest absolute Gasteiger partial charge is 0.256 e. The Bertz CT molecular complexity index is 1120. The molecule has 4 nitrogen and oxygen atoms in total. The molecule has 2 atom stereocenters. The summed E-state index contributed by atoms with van der Waals surface area (Å²) in [5.41, 5.74) is 2.66. The number of rotatable bonds is 2. The van der Waals surface area contributed by atoms with Crippen LogP contribution < -0.4 is 10.6 Å². The van der Waals surface area contributed by atoms with Crippen molar-refractivity contribution in [2.24, 2.45) is 11.3 Å². The van der Waals surface area contributed by atoms with Gasteiger partial charge in [-0.05, 0) is 60.4 Å². The summed E-state index contributed by atoms with van der Waals surface area (Å²) in [6.07, 6.45) is 2.61. The van der Waals surface area contributed by atoms with Gasteiger partial charge >= 0.3 is 0 Å². The third-order valence-electron chi connectivity index (χ3n) is 6.32. The number of furan rings is 1. The van der Waals surface area contributed by atoms with E-state index in [0.29, 0.717) is 23.0 Å². The molecule has 0 saturated heterocycles. The van der Waals surface area contributed by atoms with Crippen LogP contribution in [0, 0.1) is 17.2 Å². The van der Waals surface area contributed by atoms with Gasteiger partial charge in [0.25, 0.3) is 5.91 Å². The lowest BCUT2D eigenvalue weighted by atomic mass is 9.72. The largest absolute Gasteiger partial charge is 0.457 e. The van der Waals surface area contributed by atoms with E-state index in [9.17, 15) is 9.18 Å². The molecule has 0 unspecified atom stereocenters. The zero-order chi connectivity index (χ0) is 21.0. The highest BCUT2D eigenvalue weighted by Crippen LogP contribution is 2.46. The minimum Gasteiger partial charge on any atom is -0.457 e. The van der Waals surface area contributed by atoms with Gasteiger partial charge in [-0.3, -0.25) is 4.79 Å². The minimum absolute atomic E-state index is 0.0655. The molecule has 1 aliphatic heterocycles. The summed E-state index contributed by atoms with van der Waals surface area (Å²) in [5, 5.41) is 7.36. The zero-order valence-electron chi connectivity index (χ0n) is 17.3. The molecule has 0 fully saturated rings. The maximum Gasteiger partial charge on any atom is 0.256 e. The van der Waals surface area contributed by atoms with Crippen LogP contribution in [-0.4, -0.2) is 5.91 Å². The topological polar surface area (TPSA) is 54.3 Å². The van der Waals surface area contributed by atoms with E-state index in [0.717, 1.165) is 29.8 Å². The highest BCUT2D eigenvalue weighted by molar-refractivity contribution is 7.16.